The molecule has 1 saturated carbocycles. The maximum atomic E-state index is 12.5. The molecule has 1 N–H and O–H groups in total. The van der Waals surface area contributed by atoms with Crippen LogP contribution in [0.1, 0.15) is 36.6 Å². The summed E-state index contributed by atoms with van der Waals surface area (Å²) in [5.74, 6) is 0.565. The van der Waals surface area contributed by atoms with E-state index < -0.39 is 0 Å². The third kappa shape index (κ3) is 4.65. The van der Waals surface area contributed by atoms with Gasteiger partial charge in [-0.3, -0.25) is 14.5 Å². The number of aromatic nitrogens is 1. The Morgan fingerprint density at radius 3 is 2.63 bits per heavy atom. The number of likely N-dealkylation sites (tertiary alicyclic amines) is 1. The molecule has 27 heavy (non-hydrogen) atoms. The molecule has 0 spiro atoms. The lowest BCUT2D eigenvalue weighted by molar-refractivity contribution is -0.133. The number of carbonyl (C=O) groups excluding carboxylic acids is 2. The molecular formula is C20H26N4O2S. The van der Waals surface area contributed by atoms with Gasteiger partial charge in [0.2, 0.25) is 11.8 Å². The fourth-order valence-electron chi connectivity index (χ4n) is 3.57. The van der Waals surface area contributed by atoms with E-state index in [2.05, 4.69) is 17.4 Å². The van der Waals surface area contributed by atoms with Gasteiger partial charge in [-0.2, -0.15) is 0 Å². The number of nitrogens with one attached hydrogen (secondary N) is 1. The van der Waals surface area contributed by atoms with Gasteiger partial charge in [-0.25, -0.2) is 4.98 Å². The third-order valence-corrected chi connectivity index (χ3v) is 6.47. The van der Waals surface area contributed by atoms with Crippen LogP contribution in [0.3, 0.4) is 0 Å². The van der Waals surface area contributed by atoms with Crippen molar-refractivity contribution in [3.63, 3.8) is 0 Å². The molecule has 1 aliphatic carbocycles. The fourth-order valence-corrected chi connectivity index (χ4v) is 4.71. The zero-order valence-electron chi connectivity index (χ0n) is 15.7. The molecule has 2 amide bonds. The number of para-hydroxylation sites is 1. The molecule has 1 saturated heterocycles. The van der Waals surface area contributed by atoms with Crippen LogP contribution in [-0.4, -0.2) is 65.9 Å². The van der Waals surface area contributed by atoms with Crippen molar-refractivity contribution in [2.45, 2.75) is 37.6 Å². The van der Waals surface area contributed by atoms with Gasteiger partial charge in [0.15, 0.2) is 0 Å². The second-order valence-corrected chi connectivity index (χ2v) is 8.75. The number of benzene rings is 1. The number of thiazole rings is 1. The zero-order chi connectivity index (χ0) is 18.8. The average Bonchev–Trinajstić information content (AvgIpc) is 3.35. The van der Waals surface area contributed by atoms with Crippen LogP contribution in [0.4, 0.5) is 0 Å². The van der Waals surface area contributed by atoms with Crippen molar-refractivity contribution in [2.24, 2.45) is 0 Å². The van der Waals surface area contributed by atoms with Gasteiger partial charge >= 0.3 is 0 Å². The van der Waals surface area contributed by atoms with Gasteiger partial charge in [0.05, 0.1) is 28.3 Å². The minimum absolute atomic E-state index is 0.0161. The van der Waals surface area contributed by atoms with Crippen LogP contribution in [-0.2, 0) is 9.59 Å². The Balaban J connectivity index is 1.25. The molecule has 7 heteroatoms. The first-order valence-electron chi connectivity index (χ1n) is 9.69. The summed E-state index contributed by atoms with van der Waals surface area (Å²) in [6.07, 6.45) is 4.07. The van der Waals surface area contributed by atoms with Crippen molar-refractivity contribution in [1.29, 1.82) is 0 Å². The van der Waals surface area contributed by atoms with Gasteiger partial charge in [0.25, 0.3) is 0 Å². The average molecular weight is 387 g/mol. The van der Waals surface area contributed by atoms with Crippen molar-refractivity contribution < 1.29 is 9.59 Å². The summed E-state index contributed by atoms with van der Waals surface area (Å²) in [6.45, 7) is 2.11. The number of piperidine rings is 1. The number of carbonyl (C=O) groups is 2. The van der Waals surface area contributed by atoms with E-state index in [-0.39, 0.29) is 18.4 Å². The highest BCUT2D eigenvalue weighted by Gasteiger charge is 2.27. The van der Waals surface area contributed by atoms with Gasteiger partial charge in [-0.15, -0.1) is 11.3 Å². The molecule has 6 nitrogen and oxygen atoms in total. The van der Waals surface area contributed by atoms with E-state index in [4.69, 9.17) is 4.98 Å². The molecule has 4 rings (SSSR count). The number of nitrogens with zero attached hydrogens (tertiary/aromatic N) is 3. The molecule has 2 fully saturated rings. The third-order valence-electron chi connectivity index (χ3n) is 5.27. The van der Waals surface area contributed by atoms with Gasteiger partial charge < -0.3 is 10.2 Å². The summed E-state index contributed by atoms with van der Waals surface area (Å²) >= 11 is 1.77. The lowest BCUT2D eigenvalue weighted by Gasteiger charge is -2.32. The number of likely N-dealkylation sites (N-methyl/N-ethyl adjacent to an activating group) is 1. The largest absolute Gasteiger partial charge is 0.352 e. The molecule has 0 unspecified atom stereocenters. The highest BCUT2D eigenvalue weighted by atomic mass is 32.1. The molecule has 0 radical (unpaired) electrons. The second-order valence-electron chi connectivity index (χ2n) is 7.69. The quantitative estimate of drug-likeness (QED) is 0.827. The Morgan fingerprint density at radius 2 is 1.93 bits per heavy atom. The molecule has 144 valence electrons. The number of fused-ring (bicyclic) bond motifs is 1. The SMILES string of the molecule is CN(CC(=O)NC1CC1)CC(=O)N1CCC(c2nc3ccccc3s2)CC1. The predicted octanol–water partition coefficient (Wildman–Crippen LogP) is 2.21. The molecule has 1 aliphatic heterocycles. The van der Waals surface area contributed by atoms with Gasteiger partial charge in [-0.1, -0.05) is 12.1 Å². The van der Waals surface area contributed by atoms with Crippen LogP contribution >= 0.6 is 11.3 Å². The molecule has 0 bridgehead atoms. The zero-order valence-corrected chi connectivity index (χ0v) is 16.5. The molecule has 0 atom stereocenters. The first-order valence-corrected chi connectivity index (χ1v) is 10.5. The van der Waals surface area contributed by atoms with Gasteiger partial charge in [0, 0.05) is 25.0 Å². The van der Waals surface area contributed by atoms with Crippen molar-refractivity contribution in [3.05, 3.63) is 29.3 Å². The lowest BCUT2D eigenvalue weighted by Crippen LogP contribution is -2.45. The minimum atomic E-state index is 0.0161. The van der Waals surface area contributed by atoms with E-state index in [1.165, 1.54) is 9.71 Å². The van der Waals surface area contributed by atoms with Gasteiger partial charge in [-0.05, 0) is 44.9 Å². The molecule has 2 aromatic rings. The molecular weight excluding hydrogens is 360 g/mol. The summed E-state index contributed by atoms with van der Waals surface area (Å²) < 4.78 is 1.23. The summed E-state index contributed by atoms with van der Waals surface area (Å²) in [7, 11) is 1.83. The van der Waals surface area contributed by atoms with Crippen molar-refractivity contribution in [2.75, 3.05) is 33.2 Å². The van der Waals surface area contributed by atoms with Crippen LogP contribution < -0.4 is 5.32 Å². The molecule has 2 aliphatic rings. The highest BCUT2D eigenvalue weighted by Crippen LogP contribution is 2.33. The Morgan fingerprint density at radius 1 is 1.19 bits per heavy atom. The van der Waals surface area contributed by atoms with E-state index in [9.17, 15) is 9.59 Å². The first kappa shape index (κ1) is 18.4. The van der Waals surface area contributed by atoms with Gasteiger partial charge in [0.1, 0.15) is 0 Å². The maximum absolute atomic E-state index is 12.5. The molecule has 1 aromatic carbocycles. The van der Waals surface area contributed by atoms with Crippen molar-refractivity contribution in [1.82, 2.24) is 20.1 Å². The minimum Gasteiger partial charge on any atom is -0.352 e. The second kappa shape index (κ2) is 7.94. The standard InChI is InChI=1S/C20H26N4O2S/c1-23(12-18(25)21-15-6-7-15)13-19(26)24-10-8-14(9-11-24)20-22-16-4-2-3-5-17(16)27-20/h2-5,14-15H,6-13H2,1H3,(H,21,25). The maximum Gasteiger partial charge on any atom is 0.236 e. The number of hydrogen-bond acceptors (Lipinski definition) is 5. The van der Waals surface area contributed by atoms with Crippen LogP contribution in [0.2, 0.25) is 0 Å². The molecule has 1 aromatic heterocycles. The predicted molar refractivity (Wildman–Crippen MR) is 107 cm³/mol. The van der Waals surface area contributed by atoms with E-state index in [1.807, 2.05) is 24.1 Å². The van der Waals surface area contributed by atoms with E-state index in [0.29, 0.717) is 18.5 Å². The fraction of sp³-hybridized carbons (Fsp3) is 0.550. The Bertz CT molecular complexity index is 791. The summed E-state index contributed by atoms with van der Waals surface area (Å²) in [6, 6.07) is 8.61. The monoisotopic (exact) mass is 386 g/mol. The summed E-state index contributed by atoms with van der Waals surface area (Å²) in [5, 5.41) is 4.15. The number of amides is 2. The van der Waals surface area contributed by atoms with Crippen LogP contribution in [0.15, 0.2) is 24.3 Å². The highest BCUT2D eigenvalue weighted by molar-refractivity contribution is 7.18. The number of rotatable bonds is 6. The Hall–Kier alpha value is -1.99. The summed E-state index contributed by atoms with van der Waals surface area (Å²) in [5.41, 5.74) is 1.07. The van der Waals surface area contributed by atoms with E-state index >= 15 is 0 Å². The van der Waals surface area contributed by atoms with Crippen LogP contribution in [0, 0.1) is 0 Å². The smallest absolute Gasteiger partial charge is 0.236 e. The summed E-state index contributed by atoms with van der Waals surface area (Å²) in [4.78, 5) is 32.9. The van der Waals surface area contributed by atoms with E-state index in [1.54, 1.807) is 16.2 Å². The van der Waals surface area contributed by atoms with E-state index in [0.717, 1.165) is 44.3 Å². The molecule has 2 heterocycles. The van der Waals surface area contributed by atoms with Crippen LogP contribution in [0.5, 0.6) is 0 Å². The van der Waals surface area contributed by atoms with Crippen molar-refractivity contribution in [3.8, 4) is 0 Å². The normalized spacial score (nSPS) is 18.2. The Kier molecular flexibility index (Phi) is 5.41. The van der Waals surface area contributed by atoms with Crippen molar-refractivity contribution >= 4 is 33.4 Å². The lowest BCUT2D eigenvalue weighted by atomic mass is 9.97. The first-order chi connectivity index (χ1) is 13.1. The topological polar surface area (TPSA) is 65.5 Å². The number of hydrogen-bond donors (Lipinski definition) is 1. The Labute approximate surface area is 163 Å². The van der Waals surface area contributed by atoms with Crippen LogP contribution in [0.25, 0.3) is 10.2 Å².